The van der Waals surface area contributed by atoms with Gasteiger partial charge in [0.25, 0.3) is 5.95 Å². The molecule has 0 spiro atoms. The molecule has 0 aliphatic carbocycles. The van der Waals surface area contributed by atoms with Gasteiger partial charge < -0.3 is 0 Å². The van der Waals surface area contributed by atoms with Gasteiger partial charge in [0.1, 0.15) is 0 Å². The molecule has 1 aromatic heterocycles. The van der Waals surface area contributed by atoms with Crippen LogP contribution in [-0.2, 0) is 4.79 Å². The Hall–Kier alpha value is -2.14. The van der Waals surface area contributed by atoms with E-state index in [1.807, 2.05) is 18.2 Å². The minimum atomic E-state index is 0.0135. The van der Waals surface area contributed by atoms with Crippen LogP contribution in [0.15, 0.2) is 36.9 Å². The van der Waals surface area contributed by atoms with Gasteiger partial charge in [-0.2, -0.15) is 4.98 Å². The lowest BCUT2D eigenvalue weighted by Gasteiger charge is -2.10. The second kappa shape index (κ2) is 5.09. The molecule has 2 heterocycles. The van der Waals surface area contributed by atoms with E-state index in [-0.39, 0.29) is 11.8 Å². The van der Waals surface area contributed by atoms with Crippen LogP contribution in [0.1, 0.15) is 6.42 Å². The third-order valence-electron chi connectivity index (χ3n) is 3.33. The van der Waals surface area contributed by atoms with Crippen LogP contribution in [0.5, 0.6) is 0 Å². The van der Waals surface area contributed by atoms with Gasteiger partial charge in [0.15, 0.2) is 5.82 Å². The van der Waals surface area contributed by atoms with Crippen molar-refractivity contribution in [2.75, 3.05) is 11.4 Å². The number of benzene rings is 1. The number of aromatic amines is 1. The van der Waals surface area contributed by atoms with E-state index in [1.54, 1.807) is 17.0 Å². The maximum Gasteiger partial charge on any atom is 0.251 e. The van der Waals surface area contributed by atoms with Gasteiger partial charge in [0, 0.05) is 24.4 Å². The van der Waals surface area contributed by atoms with Crippen LogP contribution in [0.25, 0.3) is 11.4 Å². The largest absolute Gasteiger partial charge is 0.279 e. The van der Waals surface area contributed by atoms with Crippen molar-refractivity contribution in [3.05, 3.63) is 41.9 Å². The molecule has 20 heavy (non-hydrogen) atoms. The van der Waals surface area contributed by atoms with Crippen LogP contribution >= 0.6 is 11.6 Å². The highest BCUT2D eigenvalue weighted by Gasteiger charge is 2.31. The highest BCUT2D eigenvalue weighted by atomic mass is 35.5. The number of nitrogens with zero attached hydrogens (tertiary/aromatic N) is 3. The highest BCUT2D eigenvalue weighted by Crippen LogP contribution is 2.27. The van der Waals surface area contributed by atoms with E-state index in [0.29, 0.717) is 29.8 Å². The summed E-state index contributed by atoms with van der Waals surface area (Å²) in [6.07, 6.45) is 2.25. The first-order valence-electron chi connectivity index (χ1n) is 6.29. The van der Waals surface area contributed by atoms with E-state index in [0.717, 1.165) is 5.56 Å². The van der Waals surface area contributed by atoms with Gasteiger partial charge in [-0.1, -0.05) is 29.8 Å². The summed E-state index contributed by atoms with van der Waals surface area (Å²) in [7, 11) is 0. The summed E-state index contributed by atoms with van der Waals surface area (Å²) in [6.45, 7) is 4.30. The lowest BCUT2D eigenvalue weighted by atomic mass is 10.1. The van der Waals surface area contributed by atoms with Gasteiger partial charge in [-0.25, -0.2) is 0 Å². The molecule has 1 saturated heterocycles. The Labute approximate surface area is 121 Å². The Morgan fingerprint density at radius 2 is 2.25 bits per heavy atom. The quantitative estimate of drug-likeness (QED) is 0.883. The van der Waals surface area contributed by atoms with Gasteiger partial charge in [0.2, 0.25) is 5.91 Å². The summed E-state index contributed by atoms with van der Waals surface area (Å²) in [5.74, 6) is 1.11. The van der Waals surface area contributed by atoms with Crippen LogP contribution in [-0.4, -0.2) is 27.6 Å². The molecule has 1 N–H and O–H groups in total. The fourth-order valence-electron chi connectivity index (χ4n) is 2.23. The SMILES string of the molecule is C=CC1CC(=O)N(c2n[nH]c(-c3ccccc3Cl)n2)C1. The predicted octanol–water partition coefficient (Wildman–Crippen LogP) is 2.66. The molecular formula is C14H13ClN4O. The minimum Gasteiger partial charge on any atom is -0.279 e. The number of anilines is 1. The number of carbonyl (C=O) groups excluding carboxylic acids is 1. The van der Waals surface area contributed by atoms with Crippen molar-refractivity contribution in [3.8, 4) is 11.4 Å². The summed E-state index contributed by atoms with van der Waals surface area (Å²) >= 11 is 6.12. The molecule has 6 heteroatoms. The van der Waals surface area contributed by atoms with Crippen LogP contribution in [0.3, 0.4) is 0 Å². The zero-order chi connectivity index (χ0) is 14.1. The summed E-state index contributed by atoms with van der Waals surface area (Å²) in [4.78, 5) is 17.8. The molecule has 0 saturated carbocycles. The Morgan fingerprint density at radius 1 is 1.45 bits per heavy atom. The number of hydrogen-bond donors (Lipinski definition) is 1. The van der Waals surface area contributed by atoms with Crippen molar-refractivity contribution in [2.45, 2.75) is 6.42 Å². The zero-order valence-corrected chi connectivity index (χ0v) is 11.5. The third kappa shape index (κ3) is 2.20. The molecule has 1 aliphatic rings. The van der Waals surface area contributed by atoms with Gasteiger partial charge in [-0.3, -0.25) is 14.8 Å². The monoisotopic (exact) mass is 288 g/mol. The Kier molecular flexibility index (Phi) is 3.28. The highest BCUT2D eigenvalue weighted by molar-refractivity contribution is 6.33. The first-order valence-corrected chi connectivity index (χ1v) is 6.67. The standard InChI is InChI=1S/C14H13ClN4O/c1-2-9-7-12(20)19(8-9)14-16-13(17-18-14)10-5-3-4-6-11(10)15/h2-6,9H,1,7-8H2,(H,16,17,18). The van der Waals surface area contributed by atoms with Crippen LogP contribution in [0.4, 0.5) is 5.95 Å². The van der Waals surface area contributed by atoms with E-state index in [9.17, 15) is 4.79 Å². The second-order valence-electron chi connectivity index (χ2n) is 4.67. The first-order chi connectivity index (χ1) is 9.69. The smallest absolute Gasteiger partial charge is 0.251 e. The van der Waals surface area contributed by atoms with E-state index >= 15 is 0 Å². The number of nitrogens with one attached hydrogen (secondary N) is 1. The molecule has 1 atom stereocenters. The summed E-state index contributed by atoms with van der Waals surface area (Å²) in [5, 5.41) is 7.53. The molecule has 1 unspecified atom stereocenters. The van der Waals surface area contributed by atoms with Crippen LogP contribution in [0, 0.1) is 5.92 Å². The van der Waals surface area contributed by atoms with E-state index < -0.39 is 0 Å². The summed E-state index contributed by atoms with van der Waals surface area (Å²) in [6, 6.07) is 7.36. The zero-order valence-electron chi connectivity index (χ0n) is 10.7. The lowest BCUT2D eigenvalue weighted by Crippen LogP contribution is -2.25. The molecule has 1 fully saturated rings. The fraction of sp³-hybridized carbons (Fsp3) is 0.214. The molecule has 1 aromatic carbocycles. The minimum absolute atomic E-state index is 0.0135. The Morgan fingerprint density at radius 3 is 2.95 bits per heavy atom. The van der Waals surface area contributed by atoms with Crippen molar-refractivity contribution in [1.82, 2.24) is 15.2 Å². The number of hydrogen-bond acceptors (Lipinski definition) is 3. The summed E-state index contributed by atoms with van der Waals surface area (Å²) < 4.78 is 0. The average Bonchev–Trinajstić information content (AvgIpc) is 3.05. The van der Waals surface area contributed by atoms with Crippen LogP contribution in [0.2, 0.25) is 5.02 Å². The number of rotatable bonds is 3. The molecule has 3 rings (SSSR count). The predicted molar refractivity (Wildman–Crippen MR) is 77.5 cm³/mol. The van der Waals surface area contributed by atoms with Crippen molar-refractivity contribution >= 4 is 23.5 Å². The van der Waals surface area contributed by atoms with E-state index in [2.05, 4.69) is 21.8 Å². The van der Waals surface area contributed by atoms with E-state index in [1.165, 1.54) is 0 Å². The molecular weight excluding hydrogens is 276 g/mol. The summed E-state index contributed by atoms with van der Waals surface area (Å²) in [5.41, 5.74) is 0.764. The topological polar surface area (TPSA) is 61.9 Å². The molecule has 2 aromatic rings. The second-order valence-corrected chi connectivity index (χ2v) is 5.08. The molecule has 102 valence electrons. The van der Waals surface area contributed by atoms with Crippen molar-refractivity contribution < 1.29 is 4.79 Å². The van der Waals surface area contributed by atoms with Gasteiger partial charge in [-0.05, 0) is 12.1 Å². The molecule has 1 aliphatic heterocycles. The Balaban J connectivity index is 1.90. The molecule has 0 bridgehead atoms. The molecule has 0 radical (unpaired) electrons. The van der Waals surface area contributed by atoms with Crippen LogP contribution < -0.4 is 4.90 Å². The maximum atomic E-state index is 11.9. The Bertz CT molecular complexity index is 667. The van der Waals surface area contributed by atoms with Crippen molar-refractivity contribution in [1.29, 1.82) is 0 Å². The van der Waals surface area contributed by atoms with Crippen molar-refractivity contribution in [2.24, 2.45) is 5.92 Å². The van der Waals surface area contributed by atoms with Gasteiger partial charge >= 0.3 is 0 Å². The molecule has 5 nitrogen and oxygen atoms in total. The van der Waals surface area contributed by atoms with Gasteiger partial charge in [0.05, 0.1) is 5.02 Å². The normalized spacial score (nSPS) is 18.6. The fourth-order valence-corrected chi connectivity index (χ4v) is 2.46. The number of halogens is 1. The number of H-pyrrole nitrogens is 1. The average molecular weight is 289 g/mol. The van der Waals surface area contributed by atoms with Gasteiger partial charge in [-0.15, -0.1) is 11.7 Å². The maximum absolute atomic E-state index is 11.9. The molecule has 1 amide bonds. The number of aromatic nitrogens is 3. The number of carbonyl (C=O) groups is 1. The van der Waals surface area contributed by atoms with E-state index in [4.69, 9.17) is 11.6 Å². The number of amides is 1. The first kappa shape index (κ1) is 12.9. The van der Waals surface area contributed by atoms with Crippen molar-refractivity contribution in [3.63, 3.8) is 0 Å². The third-order valence-corrected chi connectivity index (χ3v) is 3.66. The lowest BCUT2D eigenvalue weighted by molar-refractivity contribution is -0.117.